The van der Waals surface area contributed by atoms with Crippen LogP contribution in [-0.4, -0.2) is 19.0 Å². The van der Waals surface area contributed by atoms with Gasteiger partial charge in [0.1, 0.15) is 11.5 Å². The Balaban J connectivity index is 2.15. The van der Waals surface area contributed by atoms with Crippen LogP contribution in [0.1, 0.15) is 49.9 Å². The number of carbonyl (C=O) groups excluding carboxylic acids is 1. The zero-order valence-electron chi connectivity index (χ0n) is 11.9. The maximum absolute atomic E-state index is 11.6. The number of methoxy groups -OCH3 is 1. The molecule has 0 aliphatic heterocycles. The molecule has 1 aromatic carbocycles. The molecule has 1 aliphatic rings. The van der Waals surface area contributed by atoms with Crippen LogP contribution in [0, 0.1) is 5.92 Å². The van der Waals surface area contributed by atoms with E-state index in [1.54, 1.807) is 26.2 Å². The molecular formula is C16H22O3. The summed E-state index contributed by atoms with van der Waals surface area (Å²) in [5, 5.41) is 0. The molecule has 0 heterocycles. The molecule has 0 spiro atoms. The quantitative estimate of drug-likeness (QED) is 0.773. The van der Waals surface area contributed by atoms with Gasteiger partial charge in [0.05, 0.1) is 18.8 Å². The van der Waals surface area contributed by atoms with E-state index in [0.29, 0.717) is 11.3 Å². The molecule has 0 radical (unpaired) electrons. The average molecular weight is 262 g/mol. The molecule has 3 nitrogen and oxygen atoms in total. The predicted octanol–water partition coefficient (Wildman–Crippen LogP) is 3.86. The second-order valence-corrected chi connectivity index (χ2v) is 5.42. The summed E-state index contributed by atoms with van der Waals surface area (Å²) in [5.74, 6) is 2.20. The van der Waals surface area contributed by atoms with Gasteiger partial charge in [-0.1, -0.05) is 6.92 Å². The summed E-state index contributed by atoms with van der Waals surface area (Å²) in [7, 11) is 1.62. The highest BCUT2D eigenvalue weighted by Gasteiger charge is 2.21. The lowest BCUT2D eigenvalue weighted by molar-refractivity contribution is 0.0995. The molecule has 3 heteroatoms. The van der Waals surface area contributed by atoms with Gasteiger partial charge in [-0.15, -0.1) is 0 Å². The fraction of sp³-hybridized carbons (Fsp3) is 0.562. The third-order valence-corrected chi connectivity index (χ3v) is 3.82. The molecule has 0 atom stereocenters. The molecule has 104 valence electrons. The van der Waals surface area contributed by atoms with Gasteiger partial charge in [-0.3, -0.25) is 4.79 Å². The Bertz CT molecular complexity index is 445. The van der Waals surface area contributed by atoms with Crippen molar-refractivity contribution in [2.75, 3.05) is 7.11 Å². The summed E-state index contributed by atoms with van der Waals surface area (Å²) < 4.78 is 11.2. The van der Waals surface area contributed by atoms with Crippen LogP contribution in [0.15, 0.2) is 18.2 Å². The predicted molar refractivity (Wildman–Crippen MR) is 75.0 cm³/mol. The zero-order chi connectivity index (χ0) is 13.8. The van der Waals surface area contributed by atoms with Crippen molar-refractivity contribution >= 4 is 5.78 Å². The highest BCUT2D eigenvalue weighted by Crippen LogP contribution is 2.31. The topological polar surface area (TPSA) is 35.5 Å². The fourth-order valence-electron chi connectivity index (χ4n) is 2.54. The molecule has 0 N–H and O–H groups in total. The van der Waals surface area contributed by atoms with Gasteiger partial charge < -0.3 is 9.47 Å². The maximum atomic E-state index is 11.6. The molecule has 1 aliphatic carbocycles. The van der Waals surface area contributed by atoms with E-state index in [1.165, 1.54) is 12.8 Å². The first-order valence-electron chi connectivity index (χ1n) is 6.95. The zero-order valence-corrected chi connectivity index (χ0v) is 11.9. The van der Waals surface area contributed by atoms with Gasteiger partial charge >= 0.3 is 0 Å². The highest BCUT2D eigenvalue weighted by molar-refractivity contribution is 5.97. The molecule has 1 fully saturated rings. The summed E-state index contributed by atoms with van der Waals surface area (Å²) in [5.41, 5.74) is 0.638. The summed E-state index contributed by atoms with van der Waals surface area (Å²) in [6, 6.07) is 5.39. The Morgan fingerprint density at radius 2 is 1.89 bits per heavy atom. The van der Waals surface area contributed by atoms with E-state index in [0.717, 1.165) is 24.5 Å². The second kappa shape index (κ2) is 6.09. The van der Waals surface area contributed by atoms with E-state index in [9.17, 15) is 4.79 Å². The summed E-state index contributed by atoms with van der Waals surface area (Å²) in [4.78, 5) is 11.6. The Hall–Kier alpha value is -1.51. The standard InChI is InChI=1S/C16H22O3/c1-11-4-6-13(7-5-11)19-16-10-14(18-3)8-9-15(16)12(2)17/h8-11,13H,4-7H2,1-3H3. The minimum absolute atomic E-state index is 0.0295. The lowest BCUT2D eigenvalue weighted by Crippen LogP contribution is -2.23. The molecule has 0 bridgehead atoms. The minimum Gasteiger partial charge on any atom is -0.497 e. The molecule has 0 aromatic heterocycles. The van der Waals surface area contributed by atoms with Crippen molar-refractivity contribution < 1.29 is 14.3 Å². The van der Waals surface area contributed by atoms with Crippen LogP contribution < -0.4 is 9.47 Å². The molecule has 0 saturated heterocycles. The van der Waals surface area contributed by atoms with Crippen LogP contribution in [-0.2, 0) is 0 Å². The Labute approximate surface area is 114 Å². The highest BCUT2D eigenvalue weighted by atomic mass is 16.5. The van der Waals surface area contributed by atoms with Crippen molar-refractivity contribution in [3.63, 3.8) is 0 Å². The van der Waals surface area contributed by atoms with Gasteiger partial charge in [-0.25, -0.2) is 0 Å². The lowest BCUT2D eigenvalue weighted by Gasteiger charge is -2.27. The van der Waals surface area contributed by atoms with Crippen LogP contribution in [0.5, 0.6) is 11.5 Å². The minimum atomic E-state index is 0.0295. The average Bonchev–Trinajstić information content (AvgIpc) is 2.41. The summed E-state index contributed by atoms with van der Waals surface area (Å²) >= 11 is 0. The van der Waals surface area contributed by atoms with Gasteiger partial charge in [-0.2, -0.15) is 0 Å². The number of ketones is 1. The Kier molecular flexibility index (Phi) is 4.46. The maximum Gasteiger partial charge on any atom is 0.163 e. The largest absolute Gasteiger partial charge is 0.497 e. The third-order valence-electron chi connectivity index (χ3n) is 3.82. The summed E-state index contributed by atoms with van der Waals surface area (Å²) in [6.07, 6.45) is 4.75. The van der Waals surface area contributed by atoms with E-state index in [4.69, 9.17) is 9.47 Å². The van der Waals surface area contributed by atoms with Crippen LogP contribution >= 0.6 is 0 Å². The third kappa shape index (κ3) is 3.49. The Morgan fingerprint density at radius 3 is 2.47 bits per heavy atom. The number of Topliss-reactive ketones (excluding diaryl/α,β-unsaturated/α-hetero) is 1. The number of carbonyl (C=O) groups is 1. The summed E-state index contributed by atoms with van der Waals surface area (Å²) in [6.45, 7) is 3.85. The van der Waals surface area contributed by atoms with Crippen molar-refractivity contribution in [1.82, 2.24) is 0 Å². The first-order valence-corrected chi connectivity index (χ1v) is 6.95. The monoisotopic (exact) mass is 262 g/mol. The first kappa shape index (κ1) is 13.9. The molecule has 1 aromatic rings. The van der Waals surface area contributed by atoms with E-state index in [2.05, 4.69) is 6.92 Å². The molecule has 19 heavy (non-hydrogen) atoms. The van der Waals surface area contributed by atoms with Crippen LogP contribution in [0.3, 0.4) is 0 Å². The molecular weight excluding hydrogens is 240 g/mol. The molecule has 1 saturated carbocycles. The van der Waals surface area contributed by atoms with E-state index < -0.39 is 0 Å². The molecule has 2 rings (SSSR count). The van der Waals surface area contributed by atoms with Crippen LogP contribution in [0.2, 0.25) is 0 Å². The molecule has 0 unspecified atom stereocenters. The van der Waals surface area contributed by atoms with Gasteiger partial charge in [0.15, 0.2) is 5.78 Å². The smallest absolute Gasteiger partial charge is 0.163 e. The number of hydrogen-bond donors (Lipinski definition) is 0. The SMILES string of the molecule is COc1ccc(C(C)=O)c(OC2CCC(C)CC2)c1. The number of hydrogen-bond acceptors (Lipinski definition) is 3. The number of rotatable bonds is 4. The van der Waals surface area contributed by atoms with Crippen molar-refractivity contribution in [2.45, 2.75) is 45.6 Å². The second-order valence-electron chi connectivity index (χ2n) is 5.42. The normalized spacial score (nSPS) is 22.9. The molecule has 0 amide bonds. The number of ether oxygens (including phenoxy) is 2. The van der Waals surface area contributed by atoms with Crippen molar-refractivity contribution in [3.8, 4) is 11.5 Å². The van der Waals surface area contributed by atoms with Crippen LogP contribution in [0.4, 0.5) is 0 Å². The van der Waals surface area contributed by atoms with Crippen molar-refractivity contribution in [1.29, 1.82) is 0 Å². The Morgan fingerprint density at radius 1 is 1.21 bits per heavy atom. The van der Waals surface area contributed by atoms with Gasteiger partial charge in [0.25, 0.3) is 0 Å². The van der Waals surface area contributed by atoms with Gasteiger partial charge in [0, 0.05) is 6.07 Å². The lowest BCUT2D eigenvalue weighted by atomic mass is 9.89. The van der Waals surface area contributed by atoms with Gasteiger partial charge in [0.2, 0.25) is 0 Å². The van der Waals surface area contributed by atoms with Crippen molar-refractivity contribution in [3.05, 3.63) is 23.8 Å². The van der Waals surface area contributed by atoms with Gasteiger partial charge in [-0.05, 0) is 50.7 Å². The fourth-order valence-corrected chi connectivity index (χ4v) is 2.54. The first-order chi connectivity index (χ1) is 9.10. The van der Waals surface area contributed by atoms with E-state index in [-0.39, 0.29) is 11.9 Å². The van der Waals surface area contributed by atoms with Crippen molar-refractivity contribution in [2.24, 2.45) is 5.92 Å². The van der Waals surface area contributed by atoms with Crippen LogP contribution in [0.25, 0.3) is 0 Å². The number of benzene rings is 1. The van der Waals surface area contributed by atoms with E-state index >= 15 is 0 Å². The van der Waals surface area contributed by atoms with E-state index in [1.807, 2.05) is 6.07 Å².